The summed E-state index contributed by atoms with van der Waals surface area (Å²) >= 11 is 4.28. The Morgan fingerprint density at radius 3 is 2.79 bits per heavy atom. The van der Waals surface area contributed by atoms with E-state index in [1.165, 1.54) is 22.7 Å². The number of carbonyl (C=O) groups excluding carboxylic acids is 2. The van der Waals surface area contributed by atoms with E-state index in [-0.39, 0.29) is 18.3 Å². The number of thiophene rings is 1. The third-order valence-corrected chi connectivity index (χ3v) is 6.83. The summed E-state index contributed by atoms with van der Waals surface area (Å²) in [4.78, 5) is 34.5. The highest BCUT2D eigenvalue weighted by Crippen LogP contribution is 2.34. The number of esters is 1. The van der Waals surface area contributed by atoms with Gasteiger partial charge in [-0.1, -0.05) is 12.1 Å². The van der Waals surface area contributed by atoms with Gasteiger partial charge in [-0.15, -0.1) is 34.0 Å². The molecule has 4 rings (SSSR count). The zero-order valence-corrected chi connectivity index (χ0v) is 17.2. The van der Waals surface area contributed by atoms with E-state index in [0.717, 1.165) is 20.1 Å². The maximum Gasteiger partial charge on any atom is 0.311 e. The minimum atomic E-state index is -0.329. The second-order valence-electron chi connectivity index (χ2n) is 5.73. The average molecular weight is 430 g/mol. The molecule has 0 aliphatic rings. The van der Waals surface area contributed by atoms with E-state index in [1.807, 2.05) is 30.3 Å². The van der Waals surface area contributed by atoms with Gasteiger partial charge in [0.2, 0.25) is 0 Å². The predicted octanol–water partition coefficient (Wildman–Crippen LogP) is 4.84. The van der Waals surface area contributed by atoms with Gasteiger partial charge in [0.05, 0.1) is 38.7 Å². The van der Waals surface area contributed by atoms with E-state index in [9.17, 15) is 9.59 Å². The zero-order valence-electron chi connectivity index (χ0n) is 14.8. The van der Waals surface area contributed by atoms with Gasteiger partial charge in [-0.25, -0.2) is 9.97 Å². The van der Waals surface area contributed by atoms with Crippen LogP contribution in [0, 0.1) is 0 Å². The highest BCUT2D eigenvalue weighted by atomic mass is 32.1. The molecule has 0 aliphatic heterocycles. The number of amides is 1. The van der Waals surface area contributed by atoms with E-state index < -0.39 is 0 Å². The summed E-state index contributed by atoms with van der Waals surface area (Å²) in [6.07, 6.45) is 0.0982. The first-order valence-electron chi connectivity index (χ1n) is 8.49. The van der Waals surface area contributed by atoms with Gasteiger partial charge >= 0.3 is 5.97 Å². The maximum atomic E-state index is 12.5. The molecule has 0 unspecified atom stereocenters. The summed E-state index contributed by atoms with van der Waals surface area (Å²) in [5, 5.41) is 5.89. The molecule has 0 spiro atoms. The van der Waals surface area contributed by atoms with Crippen molar-refractivity contribution in [2.75, 3.05) is 11.9 Å². The van der Waals surface area contributed by atoms with Crippen LogP contribution in [-0.4, -0.2) is 28.5 Å². The van der Waals surface area contributed by atoms with E-state index in [0.29, 0.717) is 22.3 Å². The monoisotopic (exact) mass is 429 g/mol. The Balaban J connectivity index is 1.45. The minimum absolute atomic E-state index is 0.0982. The molecule has 0 saturated heterocycles. The molecule has 28 heavy (non-hydrogen) atoms. The molecule has 3 aromatic heterocycles. The number of para-hydroxylation sites is 1. The largest absolute Gasteiger partial charge is 0.466 e. The Labute approximate surface area is 172 Å². The molecule has 3 heterocycles. The Kier molecular flexibility index (Phi) is 5.47. The molecule has 1 amide bonds. The van der Waals surface area contributed by atoms with Crippen molar-refractivity contribution in [3.8, 4) is 9.88 Å². The second kappa shape index (κ2) is 8.17. The van der Waals surface area contributed by atoms with Crippen molar-refractivity contribution in [2.45, 2.75) is 13.3 Å². The number of fused-ring (bicyclic) bond motifs is 1. The Bertz CT molecular complexity index is 1110. The summed E-state index contributed by atoms with van der Waals surface area (Å²) in [5.74, 6) is -0.557. The van der Waals surface area contributed by atoms with Gasteiger partial charge < -0.3 is 4.74 Å². The van der Waals surface area contributed by atoms with Gasteiger partial charge in [-0.3, -0.25) is 14.9 Å². The smallest absolute Gasteiger partial charge is 0.311 e. The molecule has 0 radical (unpaired) electrons. The van der Waals surface area contributed by atoms with Crippen molar-refractivity contribution in [1.82, 2.24) is 9.97 Å². The fourth-order valence-corrected chi connectivity index (χ4v) is 5.14. The summed E-state index contributed by atoms with van der Waals surface area (Å²) in [7, 11) is 0. The SMILES string of the molecule is CCOC(=O)Cc1csc(NC(=O)c2ccc(-c3nc4ccccc4s3)s2)n1. The number of benzene rings is 1. The van der Waals surface area contributed by atoms with Crippen molar-refractivity contribution in [3.63, 3.8) is 0 Å². The maximum absolute atomic E-state index is 12.5. The lowest BCUT2D eigenvalue weighted by Gasteiger charge is -1.99. The first kappa shape index (κ1) is 18.7. The molecule has 0 bridgehead atoms. The van der Waals surface area contributed by atoms with Crippen molar-refractivity contribution in [2.24, 2.45) is 0 Å². The van der Waals surface area contributed by atoms with Gasteiger partial charge in [-0.05, 0) is 31.2 Å². The molecule has 0 fully saturated rings. The fourth-order valence-electron chi connectivity index (χ4n) is 2.52. The lowest BCUT2D eigenvalue weighted by atomic mass is 10.3. The van der Waals surface area contributed by atoms with E-state index in [4.69, 9.17) is 4.74 Å². The zero-order chi connectivity index (χ0) is 19.5. The van der Waals surface area contributed by atoms with Crippen LogP contribution in [0.1, 0.15) is 22.3 Å². The van der Waals surface area contributed by atoms with Crippen LogP contribution >= 0.6 is 34.0 Å². The van der Waals surface area contributed by atoms with Crippen LogP contribution in [0.2, 0.25) is 0 Å². The number of anilines is 1. The minimum Gasteiger partial charge on any atom is -0.466 e. The molecule has 142 valence electrons. The molecule has 4 aromatic rings. The lowest BCUT2D eigenvalue weighted by molar-refractivity contribution is -0.142. The first-order chi connectivity index (χ1) is 13.6. The molecule has 0 atom stereocenters. The van der Waals surface area contributed by atoms with Crippen molar-refractivity contribution in [1.29, 1.82) is 0 Å². The quantitative estimate of drug-likeness (QED) is 0.444. The van der Waals surface area contributed by atoms with Gasteiger partial charge in [0.1, 0.15) is 5.01 Å². The third-order valence-electron chi connectivity index (χ3n) is 3.74. The van der Waals surface area contributed by atoms with Crippen LogP contribution in [-0.2, 0) is 16.0 Å². The van der Waals surface area contributed by atoms with Gasteiger partial charge in [-0.2, -0.15) is 0 Å². The number of nitrogens with one attached hydrogen (secondary N) is 1. The van der Waals surface area contributed by atoms with E-state index in [1.54, 1.807) is 29.7 Å². The van der Waals surface area contributed by atoms with Crippen LogP contribution in [0.5, 0.6) is 0 Å². The van der Waals surface area contributed by atoms with Crippen LogP contribution in [0.4, 0.5) is 5.13 Å². The number of thiazole rings is 2. The van der Waals surface area contributed by atoms with Crippen LogP contribution < -0.4 is 5.32 Å². The van der Waals surface area contributed by atoms with Crippen LogP contribution in [0.3, 0.4) is 0 Å². The number of ether oxygens (including phenoxy) is 1. The van der Waals surface area contributed by atoms with Gasteiger partial charge in [0.25, 0.3) is 5.91 Å². The summed E-state index contributed by atoms with van der Waals surface area (Å²) in [5.41, 5.74) is 1.54. The molecule has 0 saturated carbocycles. The highest BCUT2D eigenvalue weighted by Gasteiger charge is 2.15. The number of hydrogen-bond donors (Lipinski definition) is 1. The van der Waals surface area contributed by atoms with Crippen molar-refractivity contribution < 1.29 is 14.3 Å². The third kappa shape index (κ3) is 4.11. The Hall–Kier alpha value is -2.62. The molecule has 1 N–H and O–H groups in total. The lowest BCUT2D eigenvalue weighted by Crippen LogP contribution is -2.11. The fraction of sp³-hybridized carbons (Fsp3) is 0.158. The highest BCUT2D eigenvalue weighted by molar-refractivity contribution is 7.26. The molecule has 6 nitrogen and oxygen atoms in total. The average Bonchev–Trinajstić information content (AvgIpc) is 3.40. The summed E-state index contributed by atoms with van der Waals surface area (Å²) in [6.45, 7) is 2.09. The number of carbonyl (C=O) groups is 2. The Morgan fingerprint density at radius 2 is 1.96 bits per heavy atom. The molecule has 9 heteroatoms. The van der Waals surface area contributed by atoms with Crippen LogP contribution in [0.15, 0.2) is 41.8 Å². The first-order valence-corrected chi connectivity index (χ1v) is 11.0. The normalized spacial score (nSPS) is 10.9. The summed E-state index contributed by atoms with van der Waals surface area (Å²) < 4.78 is 6.03. The second-order valence-corrected chi connectivity index (χ2v) is 8.70. The number of nitrogens with zero attached hydrogens (tertiary/aromatic N) is 2. The molecule has 1 aromatic carbocycles. The van der Waals surface area contributed by atoms with Crippen LogP contribution in [0.25, 0.3) is 20.1 Å². The summed E-state index contributed by atoms with van der Waals surface area (Å²) in [6, 6.07) is 11.7. The Morgan fingerprint density at radius 1 is 1.11 bits per heavy atom. The van der Waals surface area contributed by atoms with Gasteiger partial charge in [0.15, 0.2) is 5.13 Å². The molecule has 0 aliphatic carbocycles. The topological polar surface area (TPSA) is 81.2 Å². The number of aromatic nitrogens is 2. The van der Waals surface area contributed by atoms with Crippen molar-refractivity contribution in [3.05, 3.63) is 52.3 Å². The van der Waals surface area contributed by atoms with Crippen molar-refractivity contribution >= 4 is 61.2 Å². The molecular weight excluding hydrogens is 414 g/mol. The van der Waals surface area contributed by atoms with E-state index >= 15 is 0 Å². The molecular formula is C19H15N3O3S3. The number of hydrogen-bond acceptors (Lipinski definition) is 8. The van der Waals surface area contributed by atoms with E-state index in [2.05, 4.69) is 15.3 Å². The number of rotatable bonds is 6. The standard InChI is InChI=1S/C19H15N3O3S3/c1-2-25-16(23)9-11-10-26-19(20-11)22-17(24)14-7-8-15(27-14)18-21-12-5-3-4-6-13(12)28-18/h3-8,10H,2,9H2,1H3,(H,20,22,24). The predicted molar refractivity (Wildman–Crippen MR) is 113 cm³/mol. The van der Waals surface area contributed by atoms with Gasteiger partial charge in [0, 0.05) is 5.38 Å².